The van der Waals surface area contributed by atoms with Crippen molar-refractivity contribution in [1.82, 2.24) is 19.6 Å². The molecule has 0 aliphatic heterocycles. The third kappa shape index (κ3) is 3.59. The number of anilines is 1. The molecule has 3 rings (SSSR count). The first-order valence-corrected chi connectivity index (χ1v) is 7.28. The van der Waals surface area contributed by atoms with Crippen molar-refractivity contribution in [2.24, 2.45) is 0 Å². The molecular weight excluding hydrogens is 276 g/mol. The Bertz CT molecular complexity index is 571. The van der Waals surface area contributed by atoms with E-state index in [0.29, 0.717) is 12.6 Å². The van der Waals surface area contributed by atoms with Crippen molar-refractivity contribution in [1.29, 1.82) is 0 Å². The highest BCUT2D eigenvalue weighted by molar-refractivity contribution is 5.38. The van der Waals surface area contributed by atoms with Crippen LogP contribution in [0, 0.1) is 0 Å². The molecule has 1 aliphatic rings. The van der Waals surface area contributed by atoms with E-state index in [1.807, 2.05) is 10.9 Å². The molecule has 114 valence electrons. The number of aromatic nitrogens is 4. The summed E-state index contributed by atoms with van der Waals surface area (Å²) in [5, 5.41) is 11.5. The van der Waals surface area contributed by atoms with Crippen LogP contribution in [0.2, 0.25) is 0 Å². The first kappa shape index (κ1) is 14.0. The summed E-state index contributed by atoms with van der Waals surface area (Å²) in [6.07, 6.45) is 9.65. The quantitative estimate of drug-likeness (QED) is 0.891. The molecule has 0 bridgehead atoms. The monoisotopic (exact) mass is 295 g/mol. The van der Waals surface area contributed by atoms with Gasteiger partial charge in [-0.3, -0.25) is 9.36 Å². The van der Waals surface area contributed by atoms with E-state index < -0.39 is 6.43 Å². The normalized spacial score (nSPS) is 16.0. The Balaban J connectivity index is 1.53. The van der Waals surface area contributed by atoms with Gasteiger partial charge >= 0.3 is 0 Å². The zero-order valence-corrected chi connectivity index (χ0v) is 11.8. The number of rotatable bonds is 6. The molecule has 2 aromatic heterocycles. The summed E-state index contributed by atoms with van der Waals surface area (Å²) in [6.45, 7) is 0.244. The zero-order chi connectivity index (χ0) is 14.7. The van der Waals surface area contributed by atoms with E-state index >= 15 is 0 Å². The molecule has 2 heterocycles. The van der Waals surface area contributed by atoms with Crippen LogP contribution in [0.25, 0.3) is 0 Å². The second-order valence-corrected chi connectivity index (χ2v) is 5.46. The lowest BCUT2D eigenvalue weighted by molar-refractivity contribution is 0.122. The Morgan fingerprint density at radius 2 is 2.00 bits per heavy atom. The van der Waals surface area contributed by atoms with Gasteiger partial charge in [-0.2, -0.15) is 10.2 Å². The summed E-state index contributed by atoms with van der Waals surface area (Å²) in [7, 11) is 0. The van der Waals surface area contributed by atoms with Crippen molar-refractivity contribution in [2.45, 2.75) is 51.2 Å². The van der Waals surface area contributed by atoms with Crippen LogP contribution in [0.4, 0.5) is 14.5 Å². The van der Waals surface area contributed by atoms with Crippen molar-refractivity contribution in [3.63, 3.8) is 0 Å². The van der Waals surface area contributed by atoms with Crippen LogP contribution in [0.1, 0.15) is 37.3 Å². The Morgan fingerprint density at radius 1 is 1.19 bits per heavy atom. The molecule has 1 saturated carbocycles. The molecule has 0 atom stereocenters. The maximum atomic E-state index is 12.2. The van der Waals surface area contributed by atoms with Gasteiger partial charge in [0.2, 0.25) is 0 Å². The van der Waals surface area contributed by atoms with E-state index in [4.69, 9.17) is 0 Å². The van der Waals surface area contributed by atoms with E-state index in [9.17, 15) is 8.78 Å². The Hall–Kier alpha value is -1.92. The van der Waals surface area contributed by atoms with E-state index in [1.165, 1.54) is 30.4 Å². The molecule has 0 unspecified atom stereocenters. The third-order valence-corrected chi connectivity index (χ3v) is 3.81. The van der Waals surface area contributed by atoms with Crippen LogP contribution in [-0.2, 0) is 13.1 Å². The largest absolute Gasteiger partial charge is 0.378 e. The average molecular weight is 295 g/mol. The number of nitrogens with zero attached hydrogens (tertiary/aromatic N) is 4. The SMILES string of the molecule is FC(F)Cn1cc(NCc2cnn(C3CCCC3)c2)cn1. The van der Waals surface area contributed by atoms with Crippen molar-refractivity contribution < 1.29 is 8.78 Å². The van der Waals surface area contributed by atoms with Gasteiger partial charge in [-0.25, -0.2) is 8.78 Å². The standard InChI is InChI=1S/C14H19F2N5/c15-14(16)10-20-9-12(7-18-20)17-5-11-6-19-21(8-11)13-3-1-2-4-13/h6-9,13-14,17H,1-5,10H2. The highest BCUT2D eigenvalue weighted by Crippen LogP contribution is 2.28. The van der Waals surface area contributed by atoms with Gasteiger partial charge in [0.1, 0.15) is 6.54 Å². The highest BCUT2D eigenvalue weighted by Gasteiger charge is 2.17. The molecule has 2 aromatic rings. The van der Waals surface area contributed by atoms with Crippen LogP contribution in [-0.4, -0.2) is 26.0 Å². The minimum Gasteiger partial charge on any atom is -0.378 e. The fraction of sp³-hybridized carbons (Fsp3) is 0.571. The van der Waals surface area contributed by atoms with E-state index in [-0.39, 0.29) is 6.54 Å². The highest BCUT2D eigenvalue weighted by atomic mass is 19.3. The lowest BCUT2D eigenvalue weighted by atomic mass is 10.2. The van der Waals surface area contributed by atoms with Crippen LogP contribution in [0.3, 0.4) is 0 Å². The first-order valence-electron chi connectivity index (χ1n) is 7.28. The van der Waals surface area contributed by atoms with Gasteiger partial charge in [0.05, 0.1) is 24.1 Å². The van der Waals surface area contributed by atoms with E-state index in [1.54, 1.807) is 12.4 Å². The lowest BCUT2D eigenvalue weighted by Gasteiger charge is -2.08. The summed E-state index contributed by atoms with van der Waals surface area (Å²) < 4.78 is 27.8. The minimum absolute atomic E-state index is 0.374. The van der Waals surface area contributed by atoms with Gasteiger partial charge < -0.3 is 5.32 Å². The Morgan fingerprint density at radius 3 is 2.76 bits per heavy atom. The van der Waals surface area contributed by atoms with Gasteiger partial charge in [0.15, 0.2) is 0 Å². The first-order chi connectivity index (χ1) is 10.2. The Kier molecular flexibility index (Phi) is 4.17. The van der Waals surface area contributed by atoms with Gasteiger partial charge in [-0.15, -0.1) is 0 Å². The number of alkyl halides is 2. The second kappa shape index (κ2) is 6.24. The van der Waals surface area contributed by atoms with Crippen LogP contribution in [0.5, 0.6) is 0 Å². The molecule has 0 radical (unpaired) electrons. The molecule has 0 spiro atoms. The molecule has 0 amide bonds. The molecule has 1 aliphatic carbocycles. The van der Waals surface area contributed by atoms with Gasteiger partial charge in [-0.1, -0.05) is 12.8 Å². The summed E-state index contributed by atoms with van der Waals surface area (Å²) in [5.41, 5.74) is 1.83. The molecule has 21 heavy (non-hydrogen) atoms. The van der Waals surface area contributed by atoms with Crippen LogP contribution < -0.4 is 5.32 Å². The maximum Gasteiger partial charge on any atom is 0.257 e. The Labute approximate surface area is 121 Å². The molecule has 7 heteroatoms. The van der Waals surface area contributed by atoms with E-state index in [0.717, 1.165) is 11.3 Å². The van der Waals surface area contributed by atoms with Crippen molar-refractivity contribution >= 4 is 5.69 Å². The molecule has 0 saturated heterocycles. The molecule has 1 N–H and O–H groups in total. The van der Waals surface area contributed by atoms with Crippen molar-refractivity contribution in [2.75, 3.05) is 5.32 Å². The third-order valence-electron chi connectivity index (χ3n) is 3.81. The van der Waals surface area contributed by atoms with E-state index in [2.05, 4.69) is 21.7 Å². The van der Waals surface area contributed by atoms with Gasteiger partial charge in [-0.05, 0) is 12.8 Å². The molecular formula is C14H19F2N5. The summed E-state index contributed by atoms with van der Waals surface area (Å²) in [6, 6.07) is 0.535. The van der Waals surface area contributed by atoms with Crippen molar-refractivity contribution in [3.05, 3.63) is 30.4 Å². The zero-order valence-electron chi connectivity index (χ0n) is 11.8. The number of nitrogens with one attached hydrogen (secondary N) is 1. The summed E-state index contributed by atoms with van der Waals surface area (Å²) in [4.78, 5) is 0. The molecule has 1 fully saturated rings. The minimum atomic E-state index is -2.39. The summed E-state index contributed by atoms with van der Waals surface area (Å²) >= 11 is 0. The van der Waals surface area contributed by atoms with Gasteiger partial charge in [0.25, 0.3) is 6.43 Å². The van der Waals surface area contributed by atoms with Crippen LogP contribution in [0.15, 0.2) is 24.8 Å². The maximum absolute atomic E-state index is 12.2. The predicted octanol–water partition coefficient (Wildman–Crippen LogP) is 3.07. The summed E-state index contributed by atoms with van der Waals surface area (Å²) in [5.74, 6) is 0. The van der Waals surface area contributed by atoms with Crippen LogP contribution >= 0.6 is 0 Å². The second-order valence-electron chi connectivity index (χ2n) is 5.46. The fourth-order valence-corrected chi connectivity index (χ4v) is 2.74. The fourth-order valence-electron chi connectivity index (χ4n) is 2.74. The number of hydrogen-bond donors (Lipinski definition) is 1. The smallest absolute Gasteiger partial charge is 0.257 e. The number of hydrogen-bond acceptors (Lipinski definition) is 3. The molecule has 5 nitrogen and oxygen atoms in total. The lowest BCUT2D eigenvalue weighted by Crippen LogP contribution is -2.06. The number of halogens is 2. The topological polar surface area (TPSA) is 47.7 Å². The average Bonchev–Trinajstić information content (AvgIpc) is 3.17. The van der Waals surface area contributed by atoms with Gasteiger partial charge in [0, 0.05) is 24.5 Å². The van der Waals surface area contributed by atoms with Crippen molar-refractivity contribution in [3.8, 4) is 0 Å². The molecule has 0 aromatic carbocycles. The predicted molar refractivity (Wildman–Crippen MR) is 75.3 cm³/mol.